The third kappa shape index (κ3) is 6.50. The minimum Gasteiger partial charge on any atom is -0.490 e. The van der Waals surface area contributed by atoms with Crippen molar-refractivity contribution in [3.8, 4) is 22.8 Å². The second-order valence-electron chi connectivity index (χ2n) is 6.86. The molecule has 3 aromatic rings. The van der Waals surface area contributed by atoms with Crippen molar-refractivity contribution in [1.82, 2.24) is 20.6 Å². The molecule has 3 rings (SSSR count). The highest BCUT2D eigenvalue weighted by Crippen LogP contribution is 2.28. The van der Waals surface area contributed by atoms with Crippen molar-refractivity contribution >= 4 is 5.96 Å². The number of aromatic nitrogens is 2. The fourth-order valence-electron chi connectivity index (χ4n) is 3.18. The summed E-state index contributed by atoms with van der Waals surface area (Å²) in [5.41, 5.74) is 3.29. The lowest BCUT2D eigenvalue weighted by atomic mass is 10.1. The van der Waals surface area contributed by atoms with Crippen LogP contribution in [0.15, 0.2) is 59.7 Å². The van der Waals surface area contributed by atoms with E-state index >= 15 is 0 Å². The molecule has 2 aromatic carbocycles. The summed E-state index contributed by atoms with van der Waals surface area (Å²) in [7, 11) is 1.76. The molecule has 3 N–H and O–H groups in total. The molecule has 0 amide bonds. The molecule has 31 heavy (non-hydrogen) atoms. The van der Waals surface area contributed by atoms with Crippen LogP contribution in [-0.2, 0) is 13.0 Å². The van der Waals surface area contributed by atoms with Crippen LogP contribution < -0.4 is 20.1 Å². The van der Waals surface area contributed by atoms with E-state index in [1.807, 2.05) is 50.4 Å². The molecule has 0 radical (unpaired) electrons. The molecule has 0 unspecified atom stereocenters. The molecule has 0 saturated carbocycles. The molecule has 0 atom stereocenters. The minimum absolute atomic E-state index is 0.560. The van der Waals surface area contributed by atoms with Crippen LogP contribution >= 0.6 is 0 Å². The van der Waals surface area contributed by atoms with Gasteiger partial charge in [0.05, 0.1) is 31.6 Å². The van der Waals surface area contributed by atoms with Crippen molar-refractivity contribution in [2.45, 2.75) is 26.8 Å². The first-order chi connectivity index (χ1) is 15.2. The SMILES string of the molecule is CCOc1ccc(CCNC(=NC)NCc2ncc(-c3ccccc3)[nH]2)cc1OCC. The van der Waals surface area contributed by atoms with E-state index < -0.39 is 0 Å². The van der Waals surface area contributed by atoms with Gasteiger partial charge in [0.25, 0.3) is 0 Å². The van der Waals surface area contributed by atoms with Crippen molar-refractivity contribution in [1.29, 1.82) is 0 Å². The van der Waals surface area contributed by atoms with Crippen molar-refractivity contribution in [2.75, 3.05) is 26.8 Å². The molecule has 0 aliphatic heterocycles. The van der Waals surface area contributed by atoms with E-state index in [1.54, 1.807) is 7.05 Å². The van der Waals surface area contributed by atoms with Gasteiger partial charge in [-0.1, -0.05) is 36.4 Å². The Morgan fingerprint density at radius 3 is 2.52 bits per heavy atom. The first-order valence-corrected chi connectivity index (χ1v) is 10.7. The van der Waals surface area contributed by atoms with Crippen molar-refractivity contribution in [3.05, 3.63) is 66.1 Å². The number of hydrogen-bond donors (Lipinski definition) is 3. The fourth-order valence-corrected chi connectivity index (χ4v) is 3.18. The second kappa shape index (κ2) is 11.6. The van der Waals surface area contributed by atoms with Crippen LogP contribution in [-0.4, -0.2) is 42.7 Å². The quantitative estimate of drug-likeness (QED) is 0.343. The highest BCUT2D eigenvalue weighted by molar-refractivity contribution is 5.79. The molecule has 164 valence electrons. The summed E-state index contributed by atoms with van der Waals surface area (Å²) >= 11 is 0. The van der Waals surface area contributed by atoms with Crippen LogP contribution in [0.4, 0.5) is 0 Å². The average molecular weight is 422 g/mol. The molecule has 7 nitrogen and oxygen atoms in total. The van der Waals surface area contributed by atoms with Gasteiger partial charge in [0, 0.05) is 13.6 Å². The summed E-state index contributed by atoms with van der Waals surface area (Å²) in [6.45, 7) is 6.47. The third-order valence-electron chi connectivity index (χ3n) is 4.67. The first kappa shape index (κ1) is 22.2. The maximum atomic E-state index is 5.71. The molecule has 0 saturated heterocycles. The summed E-state index contributed by atoms with van der Waals surface area (Å²) in [6, 6.07) is 16.2. The lowest BCUT2D eigenvalue weighted by Crippen LogP contribution is -2.38. The number of H-pyrrole nitrogens is 1. The number of aromatic amines is 1. The van der Waals surface area contributed by atoms with Crippen LogP contribution in [0.25, 0.3) is 11.3 Å². The number of nitrogens with zero attached hydrogens (tertiary/aromatic N) is 2. The molecule has 0 aliphatic carbocycles. The molecular formula is C24H31N5O2. The summed E-state index contributed by atoms with van der Waals surface area (Å²) in [5, 5.41) is 6.64. The number of imidazole rings is 1. The smallest absolute Gasteiger partial charge is 0.191 e. The standard InChI is InChI=1S/C24H31N5O2/c1-4-30-21-12-11-18(15-22(21)31-5-2)13-14-26-24(25-3)28-17-23-27-16-20(29-23)19-9-7-6-8-10-19/h6-12,15-16H,4-5,13-14,17H2,1-3H3,(H,27,29)(H2,25,26,28). The zero-order valence-corrected chi connectivity index (χ0v) is 18.4. The topological polar surface area (TPSA) is 83.6 Å². The largest absolute Gasteiger partial charge is 0.490 e. The van der Waals surface area contributed by atoms with Crippen molar-refractivity contribution in [2.24, 2.45) is 4.99 Å². The Bertz CT molecular complexity index is 969. The van der Waals surface area contributed by atoms with Crippen LogP contribution in [0.5, 0.6) is 11.5 Å². The van der Waals surface area contributed by atoms with Gasteiger partial charge in [0.1, 0.15) is 5.82 Å². The number of aliphatic imine (C=N–C) groups is 1. The van der Waals surface area contributed by atoms with Crippen molar-refractivity contribution < 1.29 is 9.47 Å². The molecule has 0 fully saturated rings. The zero-order valence-electron chi connectivity index (χ0n) is 18.4. The van der Waals surface area contributed by atoms with Crippen molar-refractivity contribution in [3.63, 3.8) is 0 Å². The van der Waals surface area contributed by atoms with E-state index in [4.69, 9.17) is 9.47 Å². The molecule has 1 heterocycles. The Kier molecular flexibility index (Phi) is 8.34. The van der Waals surface area contributed by atoms with E-state index in [0.29, 0.717) is 19.8 Å². The van der Waals surface area contributed by atoms with Crippen LogP contribution in [0, 0.1) is 0 Å². The summed E-state index contributed by atoms with van der Waals surface area (Å²) < 4.78 is 11.3. The van der Waals surface area contributed by atoms with Gasteiger partial charge in [-0.05, 0) is 43.5 Å². The first-order valence-electron chi connectivity index (χ1n) is 10.7. The third-order valence-corrected chi connectivity index (χ3v) is 4.67. The zero-order chi connectivity index (χ0) is 21.9. The number of benzene rings is 2. The predicted octanol–water partition coefficient (Wildman–Crippen LogP) is 3.78. The number of ether oxygens (including phenoxy) is 2. The van der Waals surface area contributed by atoms with Gasteiger partial charge >= 0.3 is 0 Å². The van der Waals surface area contributed by atoms with Gasteiger partial charge in [0.2, 0.25) is 0 Å². The van der Waals surface area contributed by atoms with E-state index in [0.717, 1.165) is 47.5 Å². The molecular weight excluding hydrogens is 390 g/mol. The summed E-state index contributed by atoms with van der Waals surface area (Å²) in [6.07, 6.45) is 2.69. The predicted molar refractivity (Wildman–Crippen MR) is 125 cm³/mol. The van der Waals surface area contributed by atoms with Gasteiger partial charge < -0.3 is 25.1 Å². The highest BCUT2D eigenvalue weighted by atomic mass is 16.5. The average Bonchev–Trinajstić information content (AvgIpc) is 3.28. The van der Waals surface area contributed by atoms with Crippen LogP contribution in [0.1, 0.15) is 25.2 Å². The van der Waals surface area contributed by atoms with Gasteiger partial charge in [-0.3, -0.25) is 4.99 Å². The van der Waals surface area contributed by atoms with Gasteiger partial charge in [-0.2, -0.15) is 0 Å². The fraction of sp³-hybridized carbons (Fsp3) is 0.333. The maximum absolute atomic E-state index is 5.71. The van der Waals surface area contributed by atoms with Gasteiger partial charge in [-0.15, -0.1) is 0 Å². The molecule has 0 spiro atoms. The van der Waals surface area contributed by atoms with E-state index in [9.17, 15) is 0 Å². The van der Waals surface area contributed by atoms with E-state index in [1.165, 1.54) is 5.56 Å². The van der Waals surface area contributed by atoms with E-state index in [-0.39, 0.29) is 0 Å². The lowest BCUT2D eigenvalue weighted by molar-refractivity contribution is 0.287. The normalized spacial score (nSPS) is 11.3. The minimum atomic E-state index is 0.560. The Morgan fingerprint density at radius 2 is 1.77 bits per heavy atom. The summed E-state index contributed by atoms with van der Waals surface area (Å²) in [4.78, 5) is 12.1. The highest BCUT2D eigenvalue weighted by Gasteiger charge is 2.07. The Morgan fingerprint density at radius 1 is 1.00 bits per heavy atom. The maximum Gasteiger partial charge on any atom is 0.191 e. The number of rotatable bonds is 10. The molecule has 1 aromatic heterocycles. The molecule has 0 aliphatic rings. The monoisotopic (exact) mass is 421 g/mol. The van der Waals surface area contributed by atoms with Gasteiger partial charge in [0.15, 0.2) is 17.5 Å². The number of nitrogens with one attached hydrogen (secondary N) is 3. The second-order valence-corrected chi connectivity index (χ2v) is 6.86. The Labute approximate surface area is 183 Å². The molecule has 0 bridgehead atoms. The number of hydrogen-bond acceptors (Lipinski definition) is 4. The Balaban J connectivity index is 1.49. The summed E-state index contributed by atoms with van der Waals surface area (Å²) in [5.74, 6) is 3.16. The lowest BCUT2D eigenvalue weighted by Gasteiger charge is -2.14. The molecule has 7 heteroatoms. The van der Waals surface area contributed by atoms with E-state index in [2.05, 4.69) is 43.8 Å². The number of guanidine groups is 1. The van der Waals surface area contributed by atoms with Crippen LogP contribution in [0.2, 0.25) is 0 Å². The van der Waals surface area contributed by atoms with Gasteiger partial charge in [-0.25, -0.2) is 4.98 Å². The Hall–Kier alpha value is -3.48. The van der Waals surface area contributed by atoms with Crippen LogP contribution in [0.3, 0.4) is 0 Å².